The molecule has 0 aromatic carbocycles. The van der Waals surface area contributed by atoms with E-state index in [1.165, 1.54) is 6.92 Å². The van der Waals surface area contributed by atoms with Crippen molar-refractivity contribution < 1.29 is 9.53 Å². The zero-order valence-corrected chi connectivity index (χ0v) is 9.68. The lowest BCUT2D eigenvalue weighted by Crippen LogP contribution is -1.98. The van der Waals surface area contributed by atoms with E-state index < -0.39 is 0 Å². The number of pyridine rings is 2. The molecule has 2 heterocycles. The monoisotopic (exact) mass is 228 g/mol. The van der Waals surface area contributed by atoms with E-state index in [9.17, 15) is 4.79 Å². The molecule has 0 N–H and O–H groups in total. The third-order valence-corrected chi connectivity index (χ3v) is 2.49. The first-order valence-electron chi connectivity index (χ1n) is 5.17. The minimum atomic E-state index is 0.00117. The SMILES string of the molecule is COc1cnccc1-c1cnccc1C(C)=O. The maximum Gasteiger partial charge on any atom is 0.160 e. The fraction of sp³-hybridized carbons (Fsp3) is 0.154. The molecule has 0 aliphatic carbocycles. The average Bonchev–Trinajstić information content (AvgIpc) is 2.38. The average molecular weight is 228 g/mol. The molecule has 4 nitrogen and oxygen atoms in total. The molecule has 0 saturated carbocycles. The Kier molecular flexibility index (Phi) is 3.14. The molecule has 86 valence electrons. The lowest BCUT2D eigenvalue weighted by atomic mass is 10.0. The van der Waals surface area contributed by atoms with Gasteiger partial charge in [-0.1, -0.05) is 0 Å². The van der Waals surface area contributed by atoms with E-state index in [-0.39, 0.29) is 5.78 Å². The second-order valence-corrected chi connectivity index (χ2v) is 3.55. The van der Waals surface area contributed by atoms with E-state index in [1.807, 2.05) is 6.07 Å². The van der Waals surface area contributed by atoms with Crippen molar-refractivity contribution in [1.29, 1.82) is 0 Å². The fourth-order valence-electron chi connectivity index (χ4n) is 1.68. The van der Waals surface area contributed by atoms with Gasteiger partial charge in [0.25, 0.3) is 0 Å². The lowest BCUT2D eigenvalue weighted by Gasteiger charge is -2.10. The second kappa shape index (κ2) is 4.74. The van der Waals surface area contributed by atoms with Gasteiger partial charge >= 0.3 is 0 Å². The summed E-state index contributed by atoms with van der Waals surface area (Å²) in [6.07, 6.45) is 6.55. The highest BCUT2D eigenvalue weighted by Crippen LogP contribution is 2.30. The maximum atomic E-state index is 11.6. The molecule has 0 fully saturated rings. The number of ketones is 1. The number of carbonyl (C=O) groups excluding carboxylic acids is 1. The minimum Gasteiger partial charge on any atom is -0.494 e. The Morgan fingerprint density at radius 1 is 1.12 bits per heavy atom. The Morgan fingerprint density at radius 2 is 1.82 bits per heavy atom. The molecule has 0 saturated heterocycles. The molecule has 2 aromatic rings. The van der Waals surface area contributed by atoms with Crippen LogP contribution in [0.2, 0.25) is 0 Å². The minimum absolute atomic E-state index is 0.00117. The molecule has 0 aliphatic rings. The summed E-state index contributed by atoms with van der Waals surface area (Å²) in [6.45, 7) is 1.53. The van der Waals surface area contributed by atoms with Crippen molar-refractivity contribution >= 4 is 5.78 Å². The number of carbonyl (C=O) groups is 1. The Balaban J connectivity index is 2.64. The van der Waals surface area contributed by atoms with Gasteiger partial charge < -0.3 is 4.74 Å². The Hall–Kier alpha value is -2.23. The number of methoxy groups -OCH3 is 1. The zero-order chi connectivity index (χ0) is 12.3. The number of ether oxygens (including phenoxy) is 1. The van der Waals surface area contributed by atoms with Crippen LogP contribution in [0.3, 0.4) is 0 Å². The predicted octanol–water partition coefficient (Wildman–Crippen LogP) is 2.35. The fourth-order valence-corrected chi connectivity index (χ4v) is 1.68. The van der Waals surface area contributed by atoms with Crippen LogP contribution in [0, 0.1) is 0 Å². The van der Waals surface area contributed by atoms with Crippen LogP contribution in [0.1, 0.15) is 17.3 Å². The van der Waals surface area contributed by atoms with E-state index in [0.717, 1.165) is 11.1 Å². The van der Waals surface area contributed by atoms with E-state index in [1.54, 1.807) is 38.0 Å². The van der Waals surface area contributed by atoms with E-state index in [2.05, 4.69) is 9.97 Å². The van der Waals surface area contributed by atoms with Gasteiger partial charge in [0, 0.05) is 35.3 Å². The van der Waals surface area contributed by atoms with Crippen LogP contribution in [0.15, 0.2) is 36.9 Å². The number of hydrogen-bond donors (Lipinski definition) is 0. The number of rotatable bonds is 3. The number of nitrogens with zero attached hydrogens (tertiary/aromatic N) is 2. The van der Waals surface area contributed by atoms with Crippen molar-refractivity contribution in [3.63, 3.8) is 0 Å². The predicted molar refractivity (Wildman–Crippen MR) is 64.0 cm³/mol. The number of aromatic nitrogens is 2. The van der Waals surface area contributed by atoms with Gasteiger partial charge in [-0.05, 0) is 19.1 Å². The largest absolute Gasteiger partial charge is 0.494 e. The zero-order valence-electron chi connectivity index (χ0n) is 9.68. The quantitative estimate of drug-likeness (QED) is 0.757. The van der Waals surface area contributed by atoms with Gasteiger partial charge in [0.15, 0.2) is 5.78 Å². The van der Waals surface area contributed by atoms with Gasteiger partial charge in [0.05, 0.1) is 13.3 Å². The normalized spacial score (nSPS) is 10.0. The first kappa shape index (κ1) is 11.3. The molecule has 4 heteroatoms. The van der Waals surface area contributed by atoms with Gasteiger partial charge in [0.2, 0.25) is 0 Å². The summed E-state index contributed by atoms with van der Waals surface area (Å²) in [6, 6.07) is 3.51. The maximum absolute atomic E-state index is 11.6. The van der Waals surface area contributed by atoms with Gasteiger partial charge in [0.1, 0.15) is 5.75 Å². The van der Waals surface area contributed by atoms with E-state index >= 15 is 0 Å². The molecule has 0 radical (unpaired) electrons. The van der Waals surface area contributed by atoms with Gasteiger partial charge in [-0.25, -0.2) is 0 Å². The molecule has 0 unspecified atom stereocenters. The summed E-state index contributed by atoms with van der Waals surface area (Å²) in [4.78, 5) is 19.6. The van der Waals surface area contributed by atoms with Crippen LogP contribution in [-0.2, 0) is 0 Å². The summed E-state index contributed by atoms with van der Waals surface area (Å²) in [5.41, 5.74) is 2.21. The topological polar surface area (TPSA) is 52.1 Å². The summed E-state index contributed by atoms with van der Waals surface area (Å²) in [5, 5.41) is 0. The van der Waals surface area contributed by atoms with Crippen LogP contribution in [0.5, 0.6) is 5.75 Å². The highest BCUT2D eigenvalue weighted by atomic mass is 16.5. The molecule has 2 aromatic heterocycles. The van der Waals surface area contributed by atoms with Crippen molar-refractivity contribution in [2.45, 2.75) is 6.92 Å². The standard InChI is InChI=1S/C13H12N2O2/c1-9(16)10-3-5-14-7-12(10)11-4-6-15-8-13(11)17-2/h3-8H,1-2H3. The van der Waals surface area contributed by atoms with Crippen molar-refractivity contribution in [2.75, 3.05) is 7.11 Å². The van der Waals surface area contributed by atoms with Crippen molar-refractivity contribution in [2.24, 2.45) is 0 Å². The van der Waals surface area contributed by atoms with E-state index in [0.29, 0.717) is 11.3 Å². The molecule has 0 spiro atoms. The third-order valence-electron chi connectivity index (χ3n) is 2.49. The molecule has 0 atom stereocenters. The highest BCUT2D eigenvalue weighted by molar-refractivity contribution is 6.01. The molecule has 0 aliphatic heterocycles. The molecular weight excluding hydrogens is 216 g/mol. The Labute approximate surface area is 99.3 Å². The van der Waals surface area contributed by atoms with Gasteiger partial charge in [-0.2, -0.15) is 0 Å². The van der Waals surface area contributed by atoms with Crippen molar-refractivity contribution in [3.05, 3.63) is 42.5 Å². The molecule has 0 amide bonds. The molecular formula is C13H12N2O2. The highest BCUT2D eigenvalue weighted by Gasteiger charge is 2.12. The van der Waals surface area contributed by atoms with Gasteiger partial charge in [-0.3, -0.25) is 14.8 Å². The summed E-state index contributed by atoms with van der Waals surface area (Å²) in [5.74, 6) is 0.629. The molecule has 17 heavy (non-hydrogen) atoms. The summed E-state index contributed by atoms with van der Waals surface area (Å²) >= 11 is 0. The van der Waals surface area contributed by atoms with Crippen LogP contribution in [0.25, 0.3) is 11.1 Å². The molecule has 2 rings (SSSR count). The smallest absolute Gasteiger partial charge is 0.160 e. The second-order valence-electron chi connectivity index (χ2n) is 3.55. The summed E-state index contributed by atoms with van der Waals surface area (Å²) in [7, 11) is 1.57. The van der Waals surface area contributed by atoms with Crippen LogP contribution < -0.4 is 4.74 Å². The lowest BCUT2D eigenvalue weighted by molar-refractivity contribution is 0.101. The first-order valence-corrected chi connectivity index (χ1v) is 5.17. The first-order chi connectivity index (χ1) is 8.24. The summed E-state index contributed by atoms with van der Waals surface area (Å²) < 4.78 is 5.23. The van der Waals surface area contributed by atoms with Crippen LogP contribution in [0.4, 0.5) is 0 Å². The van der Waals surface area contributed by atoms with Crippen LogP contribution >= 0.6 is 0 Å². The van der Waals surface area contributed by atoms with Crippen LogP contribution in [-0.4, -0.2) is 22.9 Å². The third kappa shape index (κ3) is 2.15. The van der Waals surface area contributed by atoms with Crippen molar-refractivity contribution in [1.82, 2.24) is 9.97 Å². The van der Waals surface area contributed by atoms with E-state index in [4.69, 9.17) is 4.74 Å². The molecule has 0 bridgehead atoms. The number of Topliss-reactive ketones (excluding diaryl/α,β-unsaturated/α-hetero) is 1. The Morgan fingerprint density at radius 3 is 2.53 bits per heavy atom. The van der Waals surface area contributed by atoms with Gasteiger partial charge in [-0.15, -0.1) is 0 Å². The number of hydrogen-bond acceptors (Lipinski definition) is 4. The Bertz CT molecular complexity index is 553. The van der Waals surface area contributed by atoms with Crippen molar-refractivity contribution in [3.8, 4) is 16.9 Å².